The molecule has 1 rings (SSSR count). The van der Waals surface area contributed by atoms with Gasteiger partial charge in [-0.05, 0) is 0 Å². The van der Waals surface area contributed by atoms with Crippen LogP contribution in [0.3, 0.4) is 0 Å². The van der Waals surface area contributed by atoms with E-state index in [9.17, 15) is 4.79 Å². The highest BCUT2D eigenvalue weighted by molar-refractivity contribution is 9.09. The Hall–Kier alpha value is 0.370. The molecule has 1 nitrogen and oxygen atoms in total. The molecule has 4 heavy (non-hydrogen) atoms. The molecular weight excluding hydrogens is 92.1 g/mol. The molecule has 0 radical (unpaired) electrons. The van der Waals surface area contributed by atoms with Crippen molar-refractivity contribution in [2.24, 2.45) is 0 Å². The van der Waals surface area contributed by atoms with Gasteiger partial charge in [-0.2, -0.15) is 0 Å². The van der Waals surface area contributed by atoms with Gasteiger partial charge >= 0.3 is 0 Å². The van der Waals surface area contributed by atoms with Crippen LogP contribution in [0.25, 0.3) is 0 Å². The van der Waals surface area contributed by atoms with Gasteiger partial charge in [-0.25, -0.2) is 0 Å². The lowest BCUT2D eigenvalue weighted by molar-refractivity contribution is 0.278. The number of carbonyl (C=O) groups is 1. The molecule has 0 N–H and O–H groups in total. The standard InChI is InChI=1S/COS2/c2-1-3-4-1. The molecule has 0 spiro atoms. The minimum atomic E-state index is 0.250. The molecule has 0 aromatic heterocycles. The predicted molar refractivity (Wildman–Crippen MR) is 20.6 cm³/mol. The fraction of sp³-hybridized carbons (Fsp3) is 0. The van der Waals surface area contributed by atoms with Crippen molar-refractivity contribution in [2.75, 3.05) is 0 Å². The van der Waals surface area contributed by atoms with Crippen LogP contribution in [0.1, 0.15) is 0 Å². The molecule has 1 aliphatic heterocycles. The average molecular weight is 92.1 g/mol. The van der Waals surface area contributed by atoms with Crippen molar-refractivity contribution < 1.29 is 4.79 Å². The third-order valence-corrected chi connectivity index (χ3v) is 1.36. The molecule has 0 aromatic rings. The highest BCUT2D eigenvalue weighted by atomic mass is 33.2. The van der Waals surface area contributed by atoms with E-state index < -0.39 is 0 Å². The van der Waals surface area contributed by atoms with Gasteiger partial charge in [0.15, 0.2) is 0 Å². The van der Waals surface area contributed by atoms with Crippen molar-refractivity contribution in [3.05, 3.63) is 0 Å². The highest BCUT2D eigenvalue weighted by Gasteiger charge is 2.18. The van der Waals surface area contributed by atoms with E-state index in [0.717, 1.165) is 0 Å². The normalized spacial score (nSPS) is 21.5. The monoisotopic (exact) mass is 91.9 g/mol. The van der Waals surface area contributed by atoms with E-state index in [0.29, 0.717) is 0 Å². The second-order valence-corrected chi connectivity index (χ2v) is 2.75. The first-order chi connectivity index (χ1) is 1.89. The van der Waals surface area contributed by atoms with Gasteiger partial charge in [0, 0.05) is 21.6 Å². The number of hydrogen-bond donors (Lipinski definition) is 0. The quantitative estimate of drug-likeness (QED) is 0.333. The van der Waals surface area contributed by atoms with E-state index in [4.69, 9.17) is 0 Å². The molecule has 22 valence electrons. The first kappa shape index (κ1) is 2.60. The Kier molecular flexibility index (Phi) is 0.426. The number of rotatable bonds is 0. The lowest BCUT2D eigenvalue weighted by atomic mass is 11.8. The van der Waals surface area contributed by atoms with E-state index in [1.165, 1.54) is 21.6 Å². The van der Waals surface area contributed by atoms with Gasteiger partial charge < -0.3 is 0 Å². The minimum absolute atomic E-state index is 0.250. The van der Waals surface area contributed by atoms with Crippen LogP contribution in [-0.2, 0) is 0 Å². The van der Waals surface area contributed by atoms with E-state index >= 15 is 0 Å². The van der Waals surface area contributed by atoms with Gasteiger partial charge in [0.25, 0.3) is 4.45 Å². The summed E-state index contributed by atoms with van der Waals surface area (Å²) in [6.07, 6.45) is 0. The van der Waals surface area contributed by atoms with Crippen molar-refractivity contribution in [3.8, 4) is 0 Å². The predicted octanol–water partition coefficient (Wildman–Crippen LogP) is 1.50. The topological polar surface area (TPSA) is 17.1 Å². The van der Waals surface area contributed by atoms with Gasteiger partial charge in [0.2, 0.25) is 0 Å². The molecule has 1 aliphatic rings. The van der Waals surface area contributed by atoms with Crippen molar-refractivity contribution in [1.82, 2.24) is 0 Å². The minimum Gasteiger partial charge on any atom is -0.273 e. The second-order valence-electron chi connectivity index (χ2n) is 0.417. The summed E-state index contributed by atoms with van der Waals surface area (Å²) in [5, 5.41) is 0. The van der Waals surface area contributed by atoms with Crippen molar-refractivity contribution in [1.29, 1.82) is 0 Å². The van der Waals surface area contributed by atoms with Crippen molar-refractivity contribution >= 4 is 26.0 Å². The van der Waals surface area contributed by atoms with E-state index in [-0.39, 0.29) is 4.45 Å². The Balaban J connectivity index is 2.60. The Morgan fingerprint density at radius 2 is 1.75 bits per heavy atom. The molecule has 1 saturated heterocycles. The van der Waals surface area contributed by atoms with Crippen LogP contribution in [-0.4, -0.2) is 4.45 Å². The zero-order chi connectivity index (χ0) is 2.99. The molecule has 1 fully saturated rings. The van der Waals surface area contributed by atoms with Gasteiger partial charge in [0.1, 0.15) is 0 Å². The summed E-state index contributed by atoms with van der Waals surface area (Å²) in [4.78, 5) is 9.48. The van der Waals surface area contributed by atoms with E-state index in [2.05, 4.69) is 0 Å². The smallest absolute Gasteiger partial charge is 0.267 e. The molecule has 1 heterocycles. The Morgan fingerprint density at radius 3 is 1.75 bits per heavy atom. The Labute approximate surface area is 31.5 Å². The number of hydrogen-bond acceptors (Lipinski definition) is 3. The van der Waals surface area contributed by atoms with Crippen molar-refractivity contribution in [3.63, 3.8) is 0 Å². The van der Waals surface area contributed by atoms with Gasteiger partial charge in [-0.3, -0.25) is 4.79 Å². The van der Waals surface area contributed by atoms with Crippen LogP contribution in [0.15, 0.2) is 0 Å². The van der Waals surface area contributed by atoms with Crippen molar-refractivity contribution in [2.45, 2.75) is 0 Å². The van der Waals surface area contributed by atoms with Crippen LogP contribution in [0.4, 0.5) is 4.79 Å². The maximum absolute atomic E-state index is 9.48. The van der Waals surface area contributed by atoms with Gasteiger partial charge in [-0.15, -0.1) is 0 Å². The summed E-state index contributed by atoms with van der Waals surface area (Å²) in [6, 6.07) is 0. The average Bonchev–Trinajstić information content (AvgIpc) is 1.75. The second kappa shape index (κ2) is 0.656. The lowest BCUT2D eigenvalue weighted by Crippen LogP contribution is -1.25. The van der Waals surface area contributed by atoms with E-state index in [1.54, 1.807) is 0 Å². The summed E-state index contributed by atoms with van der Waals surface area (Å²) < 4.78 is 0.250. The summed E-state index contributed by atoms with van der Waals surface area (Å²) in [6.45, 7) is 0. The zero-order valence-electron chi connectivity index (χ0n) is 1.72. The van der Waals surface area contributed by atoms with E-state index in [1.807, 2.05) is 0 Å². The summed E-state index contributed by atoms with van der Waals surface area (Å²) in [7, 11) is 2.60. The summed E-state index contributed by atoms with van der Waals surface area (Å²) in [5.74, 6) is 0. The molecular formula is COS2. The molecule has 3 heteroatoms. The third-order valence-electron chi connectivity index (χ3n) is 0.151. The molecule has 0 unspecified atom stereocenters. The Morgan fingerprint density at radius 1 is 1.50 bits per heavy atom. The first-order valence-electron chi connectivity index (χ1n) is 0.779. The molecule has 0 aromatic carbocycles. The molecule has 0 aliphatic carbocycles. The van der Waals surface area contributed by atoms with Gasteiger partial charge in [0.05, 0.1) is 0 Å². The molecule has 0 atom stereocenters. The fourth-order valence-corrected chi connectivity index (χ4v) is 0.153. The van der Waals surface area contributed by atoms with Crippen LogP contribution >= 0.6 is 21.6 Å². The fourth-order valence-electron chi connectivity index (χ4n) is 0.0170. The van der Waals surface area contributed by atoms with Crippen LogP contribution in [0, 0.1) is 0 Å². The third kappa shape index (κ3) is 0.392. The number of carbonyl (C=O) groups excluding carboxylic acids is 1. The highest BCUT2D eigenvalue weighted by Crippen LogP contribution is 2.46. The molecule has 0 amide bonds. The maximum atomic E-state index is 9.48. The van der Waals surface area contributed by atoms with Gasteiger partial charge in [-0.1, -0.05) is 0 Å². The van der Waals surface area contributed by atoms with Crippen LogP contribution < -0.4 is 0 Å². The van der Waals surface area contributed by atoms with Crippen LogP contribution in [0.5, 0.6) is 0 Å². The molecule has 0 saturated carbocycles. The Bertz CT molecular complexity index is 44.0. The maximum Gasteiger partial charge on any atom is 0.267 e. The lowest BCUT2D eigenvalue weighted by Gasteiger charge is -1.19. The SMILES string of the molecule is O=C1SS1. The molecule has 0 bridgehead atoms. The summed E-state index contributed by atoms with van der Waals surface area (Å²) >= 11 is 0. The summed E-state index contributed by atoms with van der Waals surface area (Å²) in [5.41, 5.74) is 0. The largest absolute Gasteiger partial charge is 0.273 e. The zero-order valence-corrected chi connectivity index (χ0v) is 3.36. The first-order valence-corrected chi connectivity index (χ1v) is 2.93. The van der Waals surface area contributed by atoms with Crippen LogP contribution in [0.2, 0.25) is 0 Å².